The number of hydrogen-bond donors (Lipinski definition) is 0. The van der Waals surface area contributed by atoms with Gasteiger partial charge in [0.1, 0.15) is 6.61 Å². The minimum atomic E-state index is -0.580. The van der Waals surface area contributed by atoms with Crippen molar-refractivity contribution in [2.45, 2.75) is 6.54 Å². The Morgan fingerprint density at radius 2 is 2.37 bits per heavy atom. The maximum atomic E-state index is 13.6. The lowest BCUT2D eigenvalue weighted by Crippen LogP contribution is -2.09. The fourth-order valence-corrected chi connectivity index (χ4v) is 1.59. The van der Waals surface area contributed by atoms with Crippen molar-refractivity contribution in [2.75, 3.05) is 6.61 Å². The highest BCUT2D eigenvalue weighted by Gasteiger charge is 2.04. The van der Waals surface area contributed by atoms with Crippen LogP contribution >= 0.6 is 11.6 Å². The molecule has 0 fully saturated rings. The largest absolute Gasteiger partial charge is 0.489 e. The number of aromatic nitrogens is 2. The van der Waals surface area contributed by atoms with Gasteiger partial charge in [-0.1, -0.05) is 16.7 Å². The van der Waals surface area contributed by atoms with Crippen molar-refractivity contribution in [1.29, 1.82) is 0 Å². The van der Waals surface area contributed by atoms with E-state index in [9.17, 15) is 4.39 Å². The summed E-state index contributed by atoms with van der Waals surface area (Å²) in [6, 6.07) is 4.00. The second-order valence-electron chi connectivity index (χ2n) is 3.57. The molecule has 8 heteroatoms. The first-order valence-corrected chi connectivity index (χ1v) is 5.72. The molecule has 6 nitrogen and oxygen atoms in total. The highest BCUT2D eigenvalue weighted by molar-refractivity contribution is 6.30. The van der Waals surface area contributed by atoms with E-state index in [2.05, 4.69) is 15.1 Å². The van der Waals surface area contributed by atoms with Gasteiger partial charge in [-0.2, -0.15) is 5.10 Å². The Balaban J connectivity index is 1.94. The van der Waals surface area contributed by atoms with Crippen LogP contribution < -0.4 is 4.74 Å². The van der Waals surface area contributed by atoms with Gasteiger partial charge in [-0.3, -0.25) is 4.68 Å². The molecule has 0 unspecified atom stereocenters. The predicted octanol–water partition coefficient (Wildman–Crippen LogP) is 3.70. The summed E-state index contributed by atoms with van der Waals surface area (Å²) in [6.07, 6.45) is 3.16. The highest BCUT2D eigenvalue weighted by atomic mass is 35.5. The van der Waals surface area contributed by atoms with Crippen LogP contribution in [0.3, 0.4) is 0 Å². The third-order valence-corrected chi connectivity index (χ3v) is 2.45. The van der Waals surface area contributed by atoms with Gasteiger partial charge < -0.3 is 4.74 Å². The number of ether oxygens (including phenoxy) is 1. The van der Waals surface area contributed by atoms with Crippen molar-refractivity contribution >= 4 is 17.3 Å². The zero-order valence-electron chi connectivity index (χ0n) is 9.70. The summed E-state index contributed by atoms with van der Waals surface area (Å²) in [5.74, 6) is -0.487. The summed E-state index contributed by atoms with van der Waals surface area (Å²) in [7, 11) is 0. The van der Waals surface area contributed by atoms with E-state index in [1.54, 1.807) is 10.9 Å². The van der Waals surface area contributed by atoms with Crippen LogP contribution in [0.5, 0.6) is 5.75 Å². The van der Waals surface area contributed by atoms with Crippen molar-refractivity contribution in [1.82, 2.24) is 9.78 Å². The molecule has 0 aliphatic rings. The van der Waals surface area contributed by atoms with E-state index in [0.29, 0.717) is 11.6 Å². The topological polar surface area (TPSA) is 75.8 Å². The zero-order chi connectivity index (χ0) is 13.7. The average Bonchev–Trinajstić information content (AvgIpc) is 2.78. The van der Waals surface area contributed by atoms with Gasteiger partial charge in [-0.15, -0.1) is 0 Å². The Morgan fingerprint density at radius 3 is 3.00 bits per heavy atom. The third-order valence-electron chi connectivity index (χ3n) is 2.26. The molecule has 2 aromatic rings. The number of nitrogens with zero attached hydrogens (tertiary/aromatic N) is 5. The van der Waals surface area contributed by atoms with Crippen LogP contribution in [-0.4, -0.2) is 16.4 Å². The predicted molar refractivity (Wildman–Crippen MR) is 67.9 cm³/mol. The maximum absolute atomic E-state index is 13.6. The molecule has 1 aromatic carbocycles. The van der Waals surface area contributed by atoms with E-state index in [1.807, 2.05) is 0 Å². The summed E-state index contributed by atoms with van der Waals surface area (Å²) < 4.78 is 20.4. The smallest absolute Gasteiger partial charge is 0.165 e. The van der Waals surface area contributed by atoms with Crippen molar-refractivity contribution < 1.29 is 9.13 Å². The minimum absolute atomic E-state index is 0.0927. The molecule has 19 heavy (non-hydrogen) atoms. The van der Waals surface area contributed by atoms with Crippen molar-refractivity contribution in [2.24, 2.45) is 5.11 Å². The molecule has 0 aliphatic heterocycles. The van der Waals surface area contributed by atoms with Gasteiger partial charge in [0.25, 0.3) is 0 Å². The summed E-state index contributed by atoms with van der Waals surface area (Å²) in [4.78, 5) is 2.57. The normalized spacial score (nSPS) is 10.0. The Labute approximate surface area is 113 Å². The van der Waals surface area contributed by atoms with Crippen LogP contribution in [0.4, 0.5) is 10.1 Å². The highest BCUT2D eigenvalue weighted by Crippen LogP contribution is 2.23. The zero-order valence-corrected chi connectivity index (χ0v) is 10.5. The minimum Gasteiger partial charge on any atom is -0.489 e. The summed E-state index contributed by atoms with van der Waals surface area (Å²) in [5, 5.41) is 7.79. The van der Waals surface area contributed by atoms with Gasteiger partial charge in [0.15, 0.2) is 11.6 Å². The van der Waals surface area contributed by atoms with E-state index < -0.39 is 5.82 Å². The number of benzene rings is 1. The number of azide groups is 1. The van der Waals surface area contributed by atoms with Crippen LogP contribution in [-0.2, 0) is 6.54 Å². The molecule has 0 amide bonds. The van der Waals surface area contributed by atoms with Crippen LogP contribution in [0.1, 0.15) is 0 Å². The molecule has 0 saturated carbocycles. The molecule has 0 spiro atoms. The first-order chi connectivity index (χ1) is 9.19. The molecule has 0 radical (unpaired) electrons. The number of rotatable bonds is 5. The van der Waals surface area contributed by atoms with E-state index in [1.165, 1.54) is 18.3 Å². The Hall–Kier alpha value is -2.24. The molecule has 0 bridgehead atoms. The van der Waals surface area contributed by atoms with E-state index in [4.69, 9.17) is 21.9 Å². The van der Waals surface area contributed by atoms with Gasteiger partial charge in [-0.05, 0) is 23.7 Å². The molecular formula is C11H9ClFN5O. The van der Waals surface area contributed by atoms with Crippen molar-refractivity contribution in [3.05, 3.63) is 51.9 Å². The SMILES string of the molecule is [N-]=[N+]=Nc1ccc(OCCn2cc(Cl)cn2)c(F)c1. The van der Waals surface area contributed by atoms with E-state index in [0.717, 1.165) is 6.07 Å². The molecule has 1 aromatic heterocycles. The van der Waals surface area contributed by atoms with Gasteiger partial charge in [-0.25, -0.2) is 4.39 Å². The van der Waals surface area contributed by atoms with Crippen LogP contribution in [0, 0.1) is 5.82 Å². The Bertz CT molecular complexity index is 623. The molecule has 0 N–H and O–H groups in total. The molecular weight excluding hydrogens is 273 g/mol. The lowest BCUT2D eigenvalue weighted by atomic mass is 10.3. The van der Waals surface area contributed by atoms with Gasteiger partial charge >= 0.3 is 0 Å². The van der Waals surface area contributed by atoms with Crippen LogP contribution in [0.2, 0.25) is 5.02 Å². The van der Waals surface area contributed by atoms with E-state index in [-0.39, 0.29) is 18.0 Å². The maximum Gasteiger partial charge on any atom is 0.165 e. The molecule has 1 heterocycles. The van der Waals surface area contributed by atoms with E-state index >= 15 is 0 Å². The summed E-state index contributed by atoms with van der Waals surface area (Å²) in [5.41, 5.74) is 8.43. The van der Waals surface area contributed by atoms with Crippen LogP contribution in [0.25, 0.3) is 10.4 Å². The third kappa shape index (κ3) is 3.61. The molecule has 0 saturated heterocycles. The number of halogens is 2. The standard InChI is InChI=1S/C11H9ClFN5O/c12-8-6-15-18(7-8)3-4-19-11-2-1-9(16-17-14)5-10(11)13/h1-2,5-7H,3-4H2. The van der Waals surface area contributed by atoms with Gasteiger partial charge in [0.2, 0.25) is 0 Å². The fourth-order valence-electron chi connectivity index (χ4n) is 1.43. The van der Waals surface area contributed by atoms with Gasteiger partial charge in [0.05, 0.1) is 17.8 Å². The molecule has 98 valence electrons. The molecule has 0 aliphatic carbocycles. The van der Waals surface area contributed by atoms with Crippen molar-refractivity contribution in [3.63, 3.8) is 0 Å². The van der Waals surface area contributed by atoms with Gasteiger partial charge in [0, 0.05) is 16.8 Å². The first kappa shape index (κ1) is 13.2. The lowest BCUT2D eigenvalue weighted by Gasteiger charge is -2.07. The monoisotopic (exact) mass is 281 g/mol. The second-order valence-corrected chi connectivity index (χ2v) is 4.01. The second kappa shape index (κ2) is 6.08. The summed E-state index contributed by atoms with van der Waals surface area (Å²) >= 11 is 5.70. The Morgan fingerprint density at radius 1 is 1.53 bits per heavy atom. The number of hydrogen-bond acceptors (Lipinski definition) is 3. The average molecular weight is 282 g/mol. The van der Waals surface area contributed by atoms with Crippen molar-refractivity contribution in [3.8, 4) is 5.75 Å². The quantitative estimate of drug-likeness (QED) is 0.476. The summed E-state index contributed by atoms with van der Waals surface area (Å²) in [6.45, 7) is 0.694. The first-order valence-electron chi connectivity index (χ1n) is 5.34. The van der Waals surface area contributed by atoms with Crippen LogP contribution in [0.15, 0.2) is 35.7 Å². The molecule has 2 rings (SSSR count). The fraction of sp³-hybridized carbons (Fsp3) is 0.182. The lowest BCUT2D eigenvalue weighted by molar-refractivity contribution is 0.278. The molecule has 0 atom stereocenters. The Kier molecular flexibility index (Phi) is 4.22.